The summed E-state index contributed by atoms with van der Waals surface area (Å²) in [5, 5.41) is 0.603. The lowest BCUT2D eigenvalue weighted by Crippen LogP contribution is -2.25. The molecule has 0 N–H and O–H groups in total. The fourth-order valence-electron chi connectivity index (χ4n) is 3.63. The van der Waals surface area contributed by atoms with Crippen LogP contribution in [0.4, 0.5) is 0 Å². The van der Waals surface area contributed by atoms with Crippen LogP contribution in [0, 0.1) is 0 Å². The lowest BCUT2D eigenvalue weighted by Gasteiger charge is -2.24. The van der Waals surface area contributed by atoms with Crippen LogP contribution < -0.4 is 15.6 Å². The number of halogens is 1. The molecule has 1 aliphatic heterocycles. The normalized spacial score (nSPS) is 16.2. The van der Waals surface area contributed by atoms with E-state index in [1.165, 1.54) is 18.4 Å². The summed E-state index contributed by atoms with van der Waals surface area (Å²) in [7, 11) is 0. The van der Waals surface area contributed by atoms with Crippen molar-refractivity contribution in [3.05, 3.63) is 85.5 Å². The lowest BCUT2D eigenvalue weighted by molar-refractivity contribution is -0.135. The second-order valence-corrected chi connectivity index (χ2v) is 6.92. The molecular weight excluding hydrogens is 384 g/mol. The number of benzene rings is 2. The van der Waals surface area contributed by atoms with Crippen LogP contribution in [0.3, 0.4) is 0 Å². The van der Waals surface area contributed by atoms with E-state index in [-0.39, 0.29) is 33.6 Å². The number of para-hydroxylation sites is 1. The highest BCUT2D eigenvalue weighted by atomic mass is 35.5. The molecule has 0 amide bonds. The molecule has 6 nitrogen and oxygen atoms in total. The summed E-state index contributed by atoms with van der Waals surface area (Å²) in [6.07, 6.45) is 2.41. The number of hydrogen-bond donors (Lipinski definition) is 0. The molecule has 4 aromatic rings. The van der Waals surface area contributed by atoms with E-state index >= 15 is 0 Å². The highest BCUT2D eigenvalue weighted by Crippen LogP contribution is 2.42. The van der Waals surface area contributed by atoms with Crippen molar-refractivity contribution in [2.24, 2.45) is 0 Å². The summed E-state index contributed by atoms with van der Waals surface area (Å²) in [5.41, 5.74) is 0.783. The minimum Gasteiger partial charge on any atom is -0.464 e. The molecule has 0 aliphatic carbocycles. The standard InChI is InChI=1S/C21H11ClO6/c22-14-9-27-21-11(20(14)25)5-6-16-18(21)12(7-17(23)28-16)13-8-26-15-4-2-1-3-10(15)19(13)24/h1-6,8-9,12H,7H2/t12-/m1/s1. The Kier molecular flexibility index (Phi) is 3.64. The minimum absolute atomic E-state index is 0.0537. The van der Waals surface area contributed by atoms with E-state index in [0.717, 1.165) is 6.26 Å². The first-order chi connectivity index (χ1) is 13.5. The van der Waals surface area contributed by atoms with E-state index in [0.29, 0.717) is 22.1 Å². The minimum atomic E-state index is -0.676. The summed E-state index contributed by atoms with van der Waals surface area (Å²) in [5.74, 6) is -0.919. The second kappa shape index (κ2) is 6.07. The zero-order valence-electron chi connectivity index (χ0n) is 14.2. The molecule has 2 aromatic carbocycles. The molecule has 0 fully saturated rings. The van der Waals surface area contributed by atoms with Gasteiger partial charge in [0.25, 0.3) is 0 Å². The Bertz CT molecular complexity index is 1400. The van der Waals surface area contributed by atoms with Gasteiger partial charge in [-0.1, -0.05) is 23.7 Å². The van der Waals surface area contributed by atoms with Crippen LogP contribution in [0.25, 0.3) is 21.9 Å². The third-order valence-corrected chi connectivity index (χ3v) is 5.18. The van der Waals surface area contributed by atoms with Gasteiger partial charge in [-0.25, -0.2) is 0 Å². The van der Waals surface area contributed by atoms with Gasteiger partial charge in [-0.2, -0.15) is 0 Å². The van der Waals surface area contributed by atoms with Crippen molar-refractivity contribution in [3.8, 4) is 5.75 Å². The quantitative estimate of drug-likeness (QED) is 0.358. The third-order valence-electron chi connectivity index (χ3n) is 4.92. The topological polar surface area (TPSA) is 86.7 Å². The second-order valence-electron chi connectivity index (χ2n) is 6.51. The number of hydrogen-bond acceptors (Lipinski definition) is 6. The Hall–Kier alpha value is -3.38. The van der Waals surface area contributed by atoms with Crippen molar-refractivity contribution in [1.29, 1.82) is 0 Å². The van der Waals surface area contributed by atoms with Crippen LogP contribution in [-0.2, 0) is 4.79 Å². The number of ether oxygens (including phenoxy) is 1. The van der Waals surface area contributed by atoms with E-state index in [2.05, 4.69) is 0 Å². The predicted molar refractivity (Wildman–Crippen MR) is 102 cm³/mol. The Balaban J connectivity index is 1.84. The molecule has 0 unspecified atom stereocenters. The molecule has 1 atom stereocenters. The molecule has 0 radical (unpaired) electrons. The summed E-state index contributed by atoms with van der Waals surface area (Å²) in [4.78, 5) is 37.6. The van der Waals surface area contributed by atoms with Crippen LogP contribution in [0.15, 0.2) is 67.3 Å². The lowest BCUT2D eigenvalue weighted by atomic mass is 9.85. The van der Waals surface area contributed by atoms with Crippen LogP contribution >= 0.6 is 11.6 Å². The molecule has 0 saturated carbocycles. The number of fused-ring (bicyclic) bond motifs is 4. The van der Waals surface area contributed by atoms with Gasteiger partial charge in [0.2, 0.25) is 5.43 Å². The molecule has 138 valence electrons. The van der Waals surface area contributed by atoms with Gasteiger partial charge in [0.05, 0.1) is 23.5 Å². The Morgan fingerprint density at radius 2 is 1.71 bits per heavy atom. The molecule has 0 bridgehead atoms. The predicted octanol–water partition coefficient (Wildman–Crippen LogP) is 3.99. The van der Waals surface area contributed by atoms with Gasteiger partial charge in [-0.05, 0) is 24.3 Å². The molecule has 28 heavy (non-hydrogen) atoms. The van der Waals surface area contributed by atoms with Crippen LogP contribution in [0.5, 0.6) is 5.75 Å². The van der Waals surface area contributed by atoms with Gasteiger partial charge in [0.15, 0.2) is 5.43 Å². The number of carbonyl (C=O) groups is 1. The van der Waals surface area contributed by atoms with Crippen LogP contribution in [0.2, 0.25) is 5.02 Å². The van der Waals surface area contributed by atoms with Gasteiger partial charge in [-0.15, -0.1) is 0 Å². The molecule has 1 aliphatic rings. The summed E-state index contributed by atoms with van der Waals surface area (Å²) >= 11 is 5.88. The monoisotopic (exact) mass is 394 g/mol. The van der Waals surface area contributed by atoms with Crippen molar-refractivity contribution in [1.82, 2.24) is 0 Å². The summed E-state index contributed by atoms with van der Waals surface area (Å²) < 4.78 is 16.5. The maximum absolute atomic E-state index is 13.1. The average molecular weight is 395 g/mol. The zero-order valence-corrected chi connectivity index (χ0v) is 15.0. The molecule has 3 heterocycles. The molecular formula is C21H11ClO6. The van der Waals surface area contributed by atoms with Gasteiger partial charge in [0, 0.05) is 17.0 Å². The van der Waals surface area contributed by atoms with E-state index in [1.807, 2.05) is 0 Å². The molecule has 0 saturated heterocycles. The fourth-order valence-corrected chi connectivity index (χ4v) is 3.78. The van der Waals surface area contributed by atoms with Gasteiger partial charge in [0.1, 0.15) is 28.2 Å². The summed E-state index contributed by atoms with van der Waals surface area (Å²) in [6, 6.07) is 9.87. The van der Waals surface area contributed by atoms with Gasteiger partial charge >= 0.3 is 5.97 Å². The first-order valence-electron chi connectivity index (χ1n) is 8.49. The van der Waals surface area contributed by atoms with Crippen molar-refractivity contribution in [2.75, 3.05) is 0 Å². The largest absolute Gasteiger partial charge is 0.464 e. The highest BCUT2D eigenvalue weighted by Gasteiger charge is 2.34. The fraction of sp³-hybridized carbons (Fsp3) is 0.0952. The van der Waals surface area contributed by atoms with Crippen molar-refractivity contribution < 1.29 is 18.4 Å². The Morgan fingerprint density at radius 3 is 2.57 bits per heavy atom. The van der Waals surface area contributed by atoms with Crippen molar-refractivity contribution in [3.63, 3.8) is 0 Å². The molecule has 5 rings (SSSR count). The highest BCUT2D eigenvalue weighted by molar-refractivity contribution is 6.30. The molecule has 7 heteroatoms. The van der Waals surface area contributed by atoms with Gasteiger partial charge in [-0.3, -0.25) is 14.4 Å². The molecule has 0 spiro atoms. The number of rotatable bonds is 1. The Morgan fingerprint density at radius 1 is 0.893 bits per heavy atom. The third kappa shape index (κ3) is 2.38. The Labute approximate surface area is 161 Å². The van der Waals surface area contributed by atoms with E-state index < -0.39 is 17.3 Å². The van der Waals surface area contributed by atoms with E-state index in [9.17, 15) is 14.4 Å². The molecule has 2 aromatic heterocycles. The maximum Gasteiger partial charge on any atom is 0.312 e. The van der Waals surface area contributed by atoms with E-state index in [1.54, 1.807) is 24.3 Å². The zero-order chi connectivity index (χ0) is 19.4. The van der Waals surface area contributed by atoms with Crippen LogP contribution in [-0.4, -0.2) is 5.97 Å². The van der Waals surface area contributed by atoms with E-state index in [4.69, 9.17) is 25.2 Å². The number of carbonyl (C=O) groups excluding carboxylic acids is 1. The smallest absolute Gasteiger partial charge is 0.312 e. The summed E-state index contributed by atoms with van der Waals surface area (Å²) in [6.45, 7) is 0. The van der Waals surface area contributed by atoms with Gasteiger partial charge < -0.3 is 13.6 Å². The van der Waals surface area contributed by atoms with Crippen LogP contribution in [0.1, 0.15) is 23.5 Å². The first-order valence-corrected chi connectivity index (χ1v) is 8.87. The van der Waals surface area contributed by atoms with Crippen molar-refractivity contribution >= 4 is 39.5 Å². The van der Waals surface area contributed by atoms with Crippen molar-refractivity contribution in [2.45, 2.75) is 12.3 Å². The maximum atomic E-state index is 13.1. The first kappa shape index (κ1) is 16.8. The number of esters is 1. The SMILES string of the molecule is O=C1C[C@H](c2coc3ccccc3c2=O)c2c(ccc3c(=O)c(Cl)coc23)O1. The average Bonchev–Trinajstić information content (AvgIpc) is 2.70.